The number of aliphatic hydroxyl groups excluding tert-OH is 2. The van der Waals surface area contributed by atoms with E-state index in [1.165, 1.54) is 18.9 Å². The van der Waals surface area contributed by atoms with Crippen LogP contribution in [0.5, 0.6) is 5.75 Å². The van der Waals surface area contributed by atoms with Crippen LogP contribution in [0.3, 0.4) is 0 Å². The van der Waals surface area contributed by atoms with E-state index in [1.807, 2.05) is 24.3 Å². The Labute approximate surface area is 262 Å². The smallest absolute Gasteiger partial charge is 0.264 e. The van der Waals surface area contributed by atoms with E-state index in [4.69, 9.17) is 4.74 Å². The summed E-state index contributed by atoms with van der Waals surface area (Å²) in [6.07, 6.45) is 2.86. The number of nitrogens with one attached hydrogen (secondary N) is 1. The van der Waals surface area contributed by atoms with Crippen LogP contribution in [0.4, 0.5) is 11.4 Å². The molecule has 4 N–H and O–H groups in total. The lowest BCUT2D eigenvalue weighted by atomic mass is 9.82. The molecule has 0 bridgehead atoms. The molecule has 0 radical (unpaired) electrons. The Morgan fingerprint density at radius 2 is 1.80 bits per heavy atom. The summed E-state index contributed by atoms with van der Waals surface area (Å²) in [4.78, 5) is 42.3. The zero-order valence-corrected chi connectivity index (χ0v) is 25.6. The molecule has 10 heteroatoms. The van der Waals surface area contributed by atoms with Gasteiger partial charge in [0.1, 0.15) is 11.9 Å². The molecule has 2 heterocycles. The minimum Gasteiger partial charge on any atom is -0.497 e. The number of carbonyl (C=O) groups is 3. The average molecular weight is 614 g/mol. The van der Waals surface area contributed by atoms with Crippen molar-refractivity contribution in [2.75, 3.05) is 23.9 Å². The van der Waals surface area contributed by atoms with E-state index < -0.39 is 29.4 Å². The first-order valence-electron chi connectivity index (χ1n) is 15.0. The zero-order valence-electron chi connectivity index (χ0n) is 25.6. The van der Waals surface area contributed by atoms with E-state index in [2.05, 4.69) is 5.32 Å². The van der Waals surface area contributed by atoms with Crippen molar-refractivity contribution in [3.05, 3.63) is 101 Å². The van der Waals surface area contributed by atoms with E-state index in [0.29, 0.717) is 35.7 Å². The van der Waals surface area contributed by atoms with Crippen molar-refractivity contribution in [1.29, 1.82) is 0 Å². The van der Waals surface area contributed by atoms with Crippen molar-refractivity contribution in [1.82, 2.24) is 4.90 Å². The first-order chi connectivity index (χ1) is 21.6. The second-order valence-electron chi connectivity index (χ2n) is 11.7. The molecule has 0 aliphatic carbocycles. The first-order valence-corrected chi connectivity index (χ1v) is 15.0. The summed E-state index contributed by atoms with van der Waals surface area (Å²) in [5.74, 6) is -1.37. The molecule has 0 fully saturated rings. The standard InChI is InChI=1S/C35H39N3O7/c1-22(7-6-10-32(41)37-20-26-9-5-4-8-25(26)17-28(37)21-39)35(44)30-18-29(45-3)15-16-31(30)38(34(35)43)19-24-11-13-27(14-12-24)36-33(42)23(2)40/h4-9,11-16,18,22-23,28,39-40,44H,10,17,19-21H2,1-3H3,(H,36,42)/b7-6+/t22-,23+,28+,35+/m1/s1. The maximum Gasteiger partial charge on any atom is 0.264 e. The predicted molar refractivity (Wildman–Crippen MR) is 169 cm³/mol. The molecular formula is C35H39N3O7. The van der Waals surface area contributed by atoms with E-state index in [1.54, 1.807) is 66.4 Å². The van der Waals surface area contributed by atoms with Crippen LogP contribution in [-0.4, -0.2) is 63.8 Å². The maximum absolute atomic E-state index is 14.0. The van der Waals surface area contributed by atoms with Gasteiger partial charge in [-0.3, -0.25) is 14.4 Å². The Bertz CT molecular complexity index is 1600. The number of hydrogen-bond donors (Lipinski definition) is 4. The van der Waals surface area contributed by atoms with Crippen molar-refractivity contribution in [3.63, 3.8) is 0 Å². The predicted octanol–water partition coefficient (Wildman–Crippen LogP) is 3.28. The summed E-state index contributed by atoms with van der Waals surface area (Å²) in [6.45, 7) is 3.56. The number of aliphatic hydroxyl groups is 3. The first kappa shape index (κ1) is 31.9. The van der Waals surface area contributed by atoms with Crippen LogP contribution in [0.15, 0.2) is 78.9 Å². The van der Waals surface area contributed by atoms with Gasteiger partial charge in [0.2, 0.25) is 5.91 Å². The molecule has 0 saturated carbocycles. The lowest BCUT2D eigenvalue weighted by Crippen LogP contribution is -2.46. The molecule has 45 heavy (non-hydrogen) atoms. The molecule has 0 saturated heterocycles. The number of anilines is 2. The summed E-state index contributed by atoms with van der Waals surface area (Å²) in [7, 11) is 1.51. The summed E-state index contributed by atoms with van der Waals surface area (Å²) in [5, 5.41) is 34.1. The fraction of sp³-hybridized carbons (Fsp3) is 0.343. The molecule has 10 nitrogen and oxygen atoms in total. The maximum atomic E-state index is 14.0. The third-order valence-electron chi connectivity index (χ3n) is 8.68. The molecule has 3 aromatic carbocycles. The number of nitrogens with zero attached hydrogens (tertiary/aromatic N) is 2. The van der Waals surface area contributed by atoms with Crippen LogP contribution in [0.2, 0.25) is 0 Å². The van der Waals surface area contributed by atoms with Gasteiger partial charge in [-0.05, 0) is 60.4 Å². The van der Waals surface area contributed by atoms with Gasteiger partial charge >= 0.3 is 0 Å². The van der Waals surface area contributed by atoms with Crippen molar-refractivity contribution in [2.45, 2.75) is 57.5 Å². The third kappa shape index (κ3) is 6.35. The quantitative estimate of drug-likeness (QED) is 0.258. The van der Waals surface area contributed by atoms with Gasteiger partial charge in [0.15, 0.2) is 5.60 Å². The van der Waals surface area contributed by atoms with Gasteiger partial charge in [-0.1, -0.05) is 55.5 Å². The Morgan fingerprint density at radius 1 is 1.09 bits per heavy atom. The second kappa shape index (κ2) is 13.2. The number of fused-ring (bicyclic) bond motifs is 2. The largest absolute Gasteiger partial charge is 0.497 e. The molecule has 2 aliphatic heterocycles. The van der Waals surface area contributed by atoms with Crippen LogP contribution in [0, 0.1) is 5.92 Å². The molecule has 2 aliphatic rings. The van der Waals surface area contributed by atoms with Crippen LogP contribution in [0.25, 0.3) is 0 Å². The molecule has 3 amide bonds. The lowest BCUT2D eigenvalue weighted by molar-refractivity contribution is -0.139. The molecule has 4 atom stereocenters. The van der Waals surface area contributed by atoms with Crippen LogP contribution in [-0.2, 0) is 39.5 Å². The summed E-state index contributed by atoms with van der Waals surface area (Å²) in [6, 6.07) is 19.6. The average Bonchev–Trinajstić information content (AvgIpc) is 3.26. The van der Waals surface area contributed by atoms with Gasteiger partial charge in [0.05, 0.1) is 32.0 Å². The van der Waals surface area contributed by atoms with Gasteiger partial charge in [-0.25, -0.2) is 0 Å². The van der Waals surface area contributed by atoms with E-state index in [9.17, 15) is 29.7 Å². The fourth-order valence-electron chi connectivity index (χ4n) is 6.00. The summed E-state index contributed by atoms with van der Waals surface area (Å²) < 4.78 is 5.41. The Morgan fingerprint density at radius 3 is 2.47 bits per heavy atom. The van der Waals surface area contributed by atoms with Crippen molar-refractivity contribution < 1.29 is 34.4 Å². The van der Waals surface area contributed by atoms with Gasteiger partial charge in [-0.2, -0.15) is 0 Å². The number of methoxy groups -OCH3 is 1. The SMILES string of the molecule is COc1ccc2c(c1)[C@@](O)([C@H](C)/C=C/CC(=O)N1Cc3ccccc3C[C@H]1CO)C(=O)N2Cc1ccc(NC(=O)[C@H](C)O)cc1. The molecule has 236 valence electrons. The Kier molecular flexibility index (Phi) is 9.38. The van der Waals surface area contributed by atoms with Crippen molar-refractivity contribution in [2.24, 2.45) is 5.92 Å². The molecular weight excluding hydrogens is 574 g/mol. The van der Waals surface area contributed by atoms with Gasteiger partial charge in [-0.15, -0.1) is 0 Å². The number of carbonyl (C=O) groups excluding carboxylic acids is 3. The van der Waals surface area contributed by atoms with Crippen LogP contribution < -0.4 is 15.0 Å². The Hall–Kier alpha value is -4.51. The third-order valence-corrected chi connectivity index (χ3v) is 8.68. The minimum atomic E-state index is -1.91. The number of rotatable bonds is 10. The fourth-order valence-corrected chi connectivity index (χ4v) is 6.00. The minimum absolute atomic E-state index is 0.0555. The summed E-state index contributed by atoms with van der Waals surface area (Å²) >= 11 is 0. The highest BCUT2D eigenvalue weighted by Gasteiger charge is 2.52. The zero-order chi connectivity index (χ0) is 32.3. The van der Waals surface area contributed by atoms with Gasteiger partial charge < -0.3 is 35.2 Å². The highest BCUT2D eigenvalue weighted by Crippen LogP contribution is 2.47. The van der Waals surface area contributed by atoms with E-state index >= 15 is 0 Å². The highest BCUT2D eigenvalue weighted by atomic mass is 16.5. The normalized spacial score (nSPS) is 20.5. The van der Waals surface area contributed by atoms with E-state index in [-0.39, 0.29) is 31.5 Å². The van der Waals surface area contributed by atoms with Crippen LogP contribution in [0.1, 0.15) is 42.5 Å². The topological polar surface area (TPSA) is 140 Å². The number of hydrogen-bond acceptors (Lipinski definition) is 7. The lowest BCUT2D eigenvalue weighted by Gasteiger charge is -2.36. The molecule has 0 unspecified atom stereocenters. The highest BCUT2D eigenvalue weighted by molar-refractivity contribution is 6.07. The molecule has 5 rings (SSSR count). The molecule has 0 spiro atoms. The van der Waals surface area contributed by atoms with Crippen LogP contribution >= 0.6 is 0 Å². The van der Waals surface area contributed by atoms with Gasteiger partial charge in [0, 0.05) is 30.1 Å². The number of amides is 3. The van der Waals surface area contributed by atoms with E-state index in [0.717, 1.165) is 16.7 Å². The molecule has 0 aromatic heterocycles. The van der Waals surface area contributed by atoms with Gasteiger partial charge in [0.25, 0.3) is 11.8 Å². The summed E-state index contributed by atoms with van der Waals surface area (Å²) in [5.41, 5.74) is 2.50. The monoisotopic (exact) mass is 613 g/mol. The Balaban J connectivity index is 1.33. The number of benzene rings is 3. The number of ether oxygens (including phenoxy) is 1. The second-order valence-corrected chi connectivity index (χ2v) is 11.7. The molecule has 3 aromatic rings. The van der Waals surface area contributed by atoms with Crippen molar-refractivity contribution >= 4 is 29.1 Å². The van der Waals surface area contributed by atoms with Crippen molar-refractivity contribution in [3.8, 4) is 5.75 Å².